The zero-order valence-electron chi connectivity index (χ0n) is 17.1. The Morgan fingerprint density at radius 3 is 2.36 bits per heavy atom. The van der Waals surface area contributed by atoms with E-state index in [1.807, 2.05) is 27.7 Å². The van der Waals surface area contributed by atoms with Crippen LogP contribution in [0.1, 0.15) is 47.5 Å². The average Bonchev–Trinajstić information content (AvgIpc) is 3.09. The third-order valence-electron chi connectivity index (χ3n) is 4.83. The lowest BCUT2D eigenvalue weighted by Crippen LogP contribution is -2.49. The molecule has 1 aromatic rings. The number of aromatic nitrogens is 2. The number of nitro groups is 1. The second kappa shape index (κ2) is 10.1. The van der Waals surface area contributed by atoms with Gasteiger partial charge in [0.25, 0.3) is 0 Å². The molecule has 1 rings (SSSR count). The van der Waals surface area contributed by atoms with Crippen molar-refractivity contribution in [1.82, 2.24) is 20.2 Å². The number of imidazole rings is 1. The van der Waals surface area contributed by atoms with Crippen LogP contribution in [0.25, 0.3) is 0 Å². The summed E-state index contributed by atoms with van der Waals surface area (Å²) in [5.41, 5.74) is 0.111. The van der Waals surface area contributed by atoms with E-state index in [4.69, 9.17) is 5.21 Å². The summed E-state index contributed by atoms with van der Waals surface area (Å²) < 4.78 is 1.41. The number of aryl methyl sites for hydroxylation is 1. The molecule has 1 heterocycles. The molecule has 0 bridgehead atoms. The summed E-state index contributed by atoms with van der Waals surface area (Å²) in [5, 5.41) is 42.5. The van der Waals surface area contributed by atoms with Crippen LogP contribution in [0.2, 0.25) is 0 Å². The molecule has 0 amide bonds. The molecular weight excluding hydrogens is 366 g/mol. The normalized spacial score (nSPS) is 13.8. The Labute approximate surface area is 164 Å². The molecule has 0 saturated carbocycles. The Hall–Kier alpha value is -2.53. The van der Waals surface area contributed by atoms with Crippen LogP contribution in [0.15, 0.2) is 22.7 Å². The van der Waals surface area contributed by atoms with Gasteiger partial charge in [0.2, 0.25) is 0 Å². The Morgan fingerprint density at radius 1 is 1.21 bits per heavy atom. The monoisotopic (exact) mass is 397 g/mol. The molecule has 28 heavy (non-hydrogen) atoms. The molecule has 1 aromatic heterocycles. The van der Waals surface area contributed by atoms with E-state index in [2.05, 4.69) is 25.9 Å². The summed E-state index contributed by atoms with van der Waals surface area (Å²) in [4.78, 5) is 14.1. The topological polar surface area (TPSA) is 150 Å². The van der Waals surface area contributed by atoms with Gasteiger partial charge in [-0.15, -0.1) is 0 Å². The van der Waals surface area contributed by atoms with Crippen molar-refractivity contribution in [3.05, 3.63) is 22.5 Å². The van der Waals surface area contributed by atoms with Gasteiger partial charge in [-0.05, 0) is 59.1 Å². The lowest BCUT2D eigenvalue weighted by molar-refractivity contribution is -0.396. The first kappa shape index (κ1) is 23.5. The van der Waals surface area contributed by atoms with Gasteiger partial charge in [0.15, 0.2) is 0 Å². The number of hydrogen-bond acceptors (Lipinski definition) is 9. The minimum absolute atomic E-state index is 0.238. The fourth-order valence-electron chi connectivity index (χ4n) is 2.61. The molecule has 158 valence electrons. The van der Waals surface area contributed by atoms with Gasteiger partial charge < -0.3 is 31.2 Å². The van der Waals surface area contributed by atoms with Crippen LogP contribution in [0.3, 0.4) is 0 Å². The SMILES string of the molecule is C/C(=N\O)C(C)(C)NCCCNC(C)(C)/C(CCn1ccnc1[N+](=O)[O-])=N\O. The van der Waals surface area contributed by atoms with Crippen LogP contribution in [0.4, 0.5) is 5.95 Å². The molecule has 0 radical (unpaired) electrons. The van der Waals surface area contributed by atoms with Crippen molar-refractivity contribution in [1.29, 1.82) is 0 Å². The summed E-state index contributed by atoms with van der Waals surface area (Å²) >= 11 is 0. The van der Waals surface area contributed by atoms with Crippen LogP contribution < -0.4 is 10.6 Å². The van der Waals surface area contributed by atoms with Crippen LogP contribution in [0, 0.1) is 10.1 Å². The minimum atomic E-state index is -0.581. The van der Waals surface area contributed by atoms with Crippen molar-refractivity contribution in [3.8, 4) is 0 Å². The predicted octanol–water partition coefficient (Wildman–Crippen LogP) is 1.99. The first-order valence-corrected chi connectivity index (χ1v) is 9.11. The molecule has 0 unspecified atom stereocenters. The Morgan fingerprint density at radius 2 is 1.82 bits per heavy atom. The summed E-state index contributed by atoms with van der Waals surface area (Å²) in [6.45, 7) is 11.1. The Kier molecular flexibility index (Phi) is 8.51. The molecule has 0 spiro atoms. The smallest absolute Gasteiger partial charge is 0.411 e. The zero-order valence-corrected chi connectivity index (χ0v) is 17.1. The molecular formula is C17H31N7O4. The average molecular weight is 397 g/mol. The van der Waals surface area contributed by atoms with E-state index in [0.717, 1.165) is 6.42 Å². The lowest BCUT2D eigenvalue weighted by Gasteiger charge is -2.28. The molecule has 11 heteroatoms. The Bertz CT molecular complexity index is 710. The van der Waals surface area contributed by atoms with Crippen LogP contribution in [-0.4, -0.2) is 60.5 Å². The molecule has 0 aromatic carbocycles. The zero-order chi connectivity index (χ0) is 21.4. The maximum absolute atomic E-state index is 10.9. The van der Waals surface area contributed by atoms with Crippen LogP contribution >= 0.6 is 0 Å². The summed E-state index contributed by atoms with van der Waals surface area (Å²) in [6, 6.07) is 0. The maximum Gasteiger partial charge on any atom is 0.434 e. The highest BCUT2D eigenvalue weighted by Crippen LogP contribution is 2.14. The number of nitrogens with one attached hydrogen (secondary N) is 2. The second-order valence-electron chi connectivity index (χ2n) is 7.62. The van der Waals surface area contributed by atoms with E-state index >= 15 is 0 Å². The lowest BCUT2D eigenvalue weighted by atomic mass is 9.95. The molecule has 0 saturated heterocycles. The highest BCUT2D eigenvalue weighted by atomic mass is 16.6. The molecule has 0 fully saturated rings. The van der Waals surface area contributed by atoms with Crippen molar-refractivity contribution in [2.45, 2.75) is 65.1 Å². The second-order valence-corrected chi connectivity index (χ2v) is 7.62. The number of hydrogen-bond donors (Lipinski definition) is 4. The van der Waals surface area contributed by atoms with Gasteiger partial charge >= 0.3 is 5.95 Å². The third-order valence-corrected chi connectivity index (χ3v) is 4.83. The minimum Gasteiger partial charge on any atom is -0.411 e. The fourth-order valence-corrected chi connectivity index (χ4v) is 2.61. The van der Waals surface area contributed by atoms with Crippen molar-refractivity contribution in [2.75, 3.05) is 13.1 Å². The first-order chi connectivity index (χ1) is 13.0. The number of nitrogens with zero attached hydrogens (tertiary/aromatic N) is 5. The van der Waals surface area contributed by atoms with Crippen molar-refractivity contribution < 1.29 is 15.3 Å². The molecule has 4 N–H and O–H groups in total. The van der Waals surface area contributed by atoms with E-state index in [1.165, 1.54) is 17.0 Å². The first-order valence-electron chi connectivity index (χ1n) is 9.11. The van der Waals surface area contributed by atoms with Crippen molar-refractivity contribution in [2.24, 2.45) is 10.3 Å². The van der Waals surface area contributed by atoms with Crippen LogP contribution in [-0.2, 0) is 6.54 Å². The standard InChI is InChI=1S/C17H31N7O4/c1-13(21-25)16(2,3)19-8-6-9-20-17(4,5)14(22-26)7-11-23-12-10-18-15(23)24(27)28/h10,12,19-20,25-26H,6-9,11H2,1-5H3/b21-13+,22-14-. The number of rotatable bonds is 12. The van der Waals surface area contributed by atoms with Gasteiger partial charge in [0.05, 0.1) is 29.0 Å². The third kappa shape index (κ3) is 6.57. The summed E-state index contributed by atoms with van der Waals surface area (Å²) in [7, 11) is 0. The van der Waals surface area contributed by atoms with E-state index in [9.17, 15) is 15.3 Å². The molecule has 0 aliphatic carbocycles. The van der Waals surface area contributed by atoms with Gasteiger partial charge in [-0.3, -0.25) is 0 Å². The Balaban J connectivity index is 2.51. The van der Waals surface area contributed by atoms with E-state index in [0.29, 0.717) is 30.9 Å². The molecule has 11 nitrogen and oxygen atoms in total. The van der Waals surface area contributed by atoms with Gasteiger partial charge in [-0.1, -0.05) is 15.3 Å². The quantitative estimate of drug-likeness (QED) is 0.138. The van der Waals surface area contributed by atoms with Gasteiger partial charge in [-0.2, -0.15) is 0 Å². The van der Waals surface area contributed by atoms with Gasteiger partial charge in [0, 0.05) is 6.42 Å². The van der Waals surface area contributed by atoms with E-state index in [1.54, 1.807) is 6.92 Å². The highest BCUT2D eigenvalue weighted by Gasteiger charge is 2.26. The number of oxime groups is 2. The predicted molar refractivity (Wildman–Crippen MR) is 106 cm³/mol. The summed E-state index contributed by atoms with van der Waals surface area (Å²) in [5.74, 6) is -0.238. The van der Waals surface area contributed by atoms with Gasteiger partial charge in [0.1, 0.15) is 12.4 Å². The largest absolute Gasteiger partial charge is 0.434 e. The van der Waals surface area contributed by atoms with Crippen molar-refractivity contribution in [3.63, 3.8) is 0 Å². The fraction of sp³-hybridized carbons (Fsp3) is 0.706. The molecule has 0 atom stereocenters. The molecule has 0 aliphatic rings. The molecule has 0 aliphatic heterocycles. The van der Waals surface area contributed by atoms with Crippen molar-refractivity contribution >= 4 is 17.4 Å². The van der Waals surface area contributed by atoms with Gasteiger partial charge in [-0.25, -0.2) is 4.57 Å². The van der Waals surface area contributed by atoms with E-state index in [-0.39, 0.29) is 12.5 Å². The van der Waals surface area contributed by atoms with E-state index < -0.39 is 16.0 Å². The summed E-state index contributed by atoms with van der Waals surface area (Å²) in [6.07, 6.45) is 4.04. The van der Waals surface area contributed by atoms with Crippen LogP contribution in [0.5, 0.6) is 0 Å². The highest BCUT2D eigenvalue weighted by molar-refractivity contribution is 5.92. The maximum atomic E-state index is 10.9.